The molecule has 0 bridgehead atoms. The normalized spacial score (nSPS) is 16.4. The van der Waals surface area contributed by atoms with Gasteiger partial charge in [-0.15, -0.1) is 0 Å². The second kappa shape index (κ2) is 26.1. The molecule has 2 aromatic carbocycles. The van der Waals surface area contributed by atoms with E-state index in [2.05, 4.69) is 21.3 Å². The van der Waals surface area contributed by atoms with Gasteiger partial charge in [0.1, 0.15) is 18.1 Å². The van der Waals surface area contributed by atoms with Crippen LogP contribution < -0.4 is 30.7 Å². The van der Waals surface area contributed by atoms with Gasteiger partial charge in [-0.25, -0.2) is 19.2 Å². The van der Waals surface area contributed by atoms with Gasteiger partial charge in [-0.3, -0.25) is 9.59 Å². The Kier molecular flexibility index (Phi) is 20.7. The highest BCUT2D eigenvalue weighted by Gasteiger charge is 2.42. The number of unbranched alkanes of at least 4 members (excludes halogenated alkanes) is 4. The van der Waals surface area contributed by atoms with E-state index in [1.54, 1.807) is 30.3 Å². The van der Waals surface area contributed by atoms with Crippen LogP contribution in [0.5, 0.6) is 11.5 Å². The summed E-state index contributed by atoms with van der Waals surface area (Å²) in [6.07, 6.45) is 6.69. The molecule has 60 heavy (non-hydrogen) atoms. The van der Waals surface area contributed by atoms with Crippen molar-refractivity contribution in [2.45, 2.75) is 109 Å². The average Bonchev–Trinajstić information content (AvgIpc) is 3.80. The number of hydrogen-bond donors (Lipinski definition) is 4. The number of amides is 4. The lowest BCUT2D eigenvalue weighted by Gasteiger charge is -2.16. The first-order valence-corrected chi connectivity index (χ1v) is 22.0. The Balaban J connectivity index is 1.42. The van der Waals surface area contributed by atoms with E-state index in [4.69, 9.17) is 28.4 Å². The van der Waals surface area contributed by atoms with Gasteiger partial charge in [-0.1, -0.05) is 46.5 Å². The van der Waals surface area contributed by atoms with Crippen molar-refractivity contribution < 1.29 is 57.2 Å². The van der Waals surface area contributed by atoms with Crippen LogP contribution in [-0.4, -0.2) is 105 Å². The Morgan fingerprint density at radius 3 is 1.97 bits per heavy atom. The molecule has 0 aromatic heterocycles. The van der Waals surface area contributed by atoms with E-state index < -0.39 is 24.0 Å². The van der Waals surface area contributed by atoms with Crippen molar-refractivity contribution in [1.82, 2.24) is 21.3 Å². The van der Waals surface area contributed by atoms with E-state index in [1.807, 2.05) is 32.5 Å². The number of esters is 2. The Hall–Kier alpha value is -5.19. The summed E-state index contributed by atoms with van der Waals surface area (Å²) in [6.45, 7) is 6.13. The number of benzene rings is 2. The molecule has 330 valence electrons. The number of ether oxygens (including phenoxy) is 6. The van der Waals surface area contributed by atoms with Crippen LogP contribution in [0, 0.1) is 0 Å². The van der Waals surface area contributed by atoms with Crippen LogP contribution in [0.2, 0.25) is 0 Å². The predicted molar refractivity (Wildman–Crippen MR) is 225 cm³/mol. The minimum Gasteiger partial charge on any atom is -0.482 e. The lowest BCUT2D eigenvalue weighted by molar-refractivity contribution is -0.146. The van der Waals surface area contributed by atoms with Gasteiger partial charge in [0.2, 0.25) is 5.91 Å². The fourth-order valence-corrected chi connectivity index (χ4v) is 7.88. The summed E-state index contributed by atoms with van der Waals surface area (Å²) < 4.78 is 32.5. The maximum Gasteiger partial charge on any atom is 0.508 e. The molecule has 0 unspecified atom stereocenters. The molecule has 0 aliphatic carbocycles. The Morgan fingerprint density at radius 2 is 1.32 bits per heavy atom. The first kappa shape index (κ1) is 47.5. The van der Waals surface area contributed by atoms with Crippen LogP contribution in [0.1, 0.15) is 101 Å². The minimum absolute atomic E-state index is 0.114. The number of nitrogens with one attached hydrogen (secondary N) is 4. The fourth-order valence-electron chi connectivity index (χ4n) is 6.33. The summed E-state index contributed by atoms with van der Waals surface area (Å²) in [7, 11) is 0. The molecule has 2 saturated heterocycles. The molecule has 17 heteroatoms. The van der Waals surface area contributed by atoms with Crippen molar-refractivity contribution >= 4 is 47.7 Å². The topological polar surface area (TPSA) is 206 Å². The van der Waals surface area contributed by atoms with Crippen molar-refractivity contribution in [3.05, 3.63) is 47.5 Å². The Bertz CT molecular complexity index is 1700. The molecule has 0 saturated carbocycles. The van der Waals surface area contributed by atoms with Crippen molar-refractivity contribution in [3.8, 4) is 22.6 Å². The number of hydrogen-bond acceptors (Lipinski definition) is 13. The van der Waals surface area contributed by atoms with Crippen LogP contribution in [0.25, 0.3) is 11.1 Å². The quantitative estimate of drug-likeness (QED) is 0.0362. The number of urea groups is 1. The molecule has 0 spiro atoms. The van der Waals surface area contributed by atoms with E-state index in [-0.39, 0.29) is 93.8 Å². The standard InChI is InChI=1S/C43H60N4O12S/c1-4-7-16-54-38(49)26-57-33-22-31(23-34(24-33)58-27-39(50)55-17-8-5-2)30-19-29(25-59-43(53)56-18-9-6-3)20-32(21-30)41(51)45-15-14-44-37(48)13-11-10-12-36-40-35(28-60-36)46-42(52)47-40/h19-24,35-36,40H,4-18,25-28H2,1-3H3,(H,44,48)(H,45,51)(H2,46,47,52)/t35-,36-,40-/m0/s1. The van der Waals surface area contributed by atoms with E-state index in [1.165, 1.54) is 6.07 Å². The molecule has 0 radical (unpaired) electrons. The largest absolute Gasteiger partial charge is 0.508 e. The van der Waals surface area contributed by atoms with Crippen molar-refractivity contribution in [2.24, 2.45) is 0 Å². The molecule has 16 nitrogen and oxygen atoms in total. The van der Waals surface area contributed by atoms with Crippen molar-refractivity contribution in [3.63, 3.8) is 0 Å². The molecular formula is C43H60N4O12S. The summed E-state index contributed by atoms with van der Waals surface area (Å²) in [5.74, 6) is -0.285. The van der Waals surface area contributed by atoms with Gasteiger partial charge in [0.15, 0.2) is 13.2 Å². The summed E-state index contributed by atoms with van der Waals surface area (Å²) >= 11 is 1.85. The summed E-state index contributed by atoms with van der Waals surface area (Å²) in [6, 6.07) is 9.96. The third kappa shape index (κ3) is 16.8. The molecule has 2 aromatic rings. The van der Waals surface area contributed by atoms with Crippen LogP contribution >= 0.6 is 11.8 Å². The molecular weight excluding hydrogens is 797 g/mol. The Morgan fingerprint density at radius 1 is 0.700 bits per heavy atom. The second-order valence-corrected chi connectivity index (χ2v) is 15.8. The average molecular weight is 857 g/mol. The number of thioether (sulfide) groups is 1. The molecule has 2 fully saturated rings. The van der Waals surface area contributed by atoms with Crippen molar-refractivity contribution in [2.75, 3.05) is 51.9 Å². The van der Waals surface area contributed by atoms with Crippen LogP contribution in [0.4, 0.5) is 9.59 Å². The number of fused-ring (bicyclic) bond motifs is 1. The minimum atomic E-state index is -0.844. The zero-order chi connectivity index (χ0) is 43.1. The highest BCUT2D eigenvalue weighted by atomic mass is 32.2. The molecule has 2 heterocycles. The predicted octanol–water partition coefficient (Wildman–Crippen LogP) is 5.82. The lowest BCUT2D eigenvalue weighted by atomic mass is 9.99. The third-order valence-electron chi connectivity index (χ3n) is 9.59. The molecule has 4 amide bonds. The first-order valence-electron chi connectivity index (χ1n) is 21.0. The summed E-state index contributed by atoms with van der Waals surface area (Å²) in [5.41, 5.74) is 1.73. The molecule has 3 atom stereocenters. The van der Waals surface area contributed by atoms with Crippen LogP contribution in [0.15, 0.2) is 36.4 Å². The second-order valence-electron chi connectivity index (χ2n) is 14.6. The smallest absolute Gasteiger partial charge is 0.482 e. The van der Waals surface area contributed by atoms with Gasteiger partial charge in [-0.2, -0.15) is 11.8 Å². The summed E-state index contributed by atoms with van der Waals surface area (Å²) in [4.78, 5) is 74.8. The number of carbonyl (C=O) groups excluding carboxylic acids is 6. The van der Waals surface area contributed by atoms with Crippen LogP contribution in [0.3, 0.4) is 0 Å². The maximum atomic E-state index is 13.5. The van der Waals surface area contributed by atoms with Gasteiger partial charge in [0.05, 0.1) is 31.9 Å². The van der Waals surface area contributed by atoms with Crippen molar-refractivity contribution in [1.29, 1.82) is 0 Å². The van der Waals surface area contributed by atoms with E-state index >= 15 is 0 Å². The monoisotopic (exact) mass is 856 g/mol. The first-order chi connectivity index (χ1) is 29.1. The molecule has 2 aliphatic heterocycles. The SMILES string of the molecule is CCCCOC(=O)COc1cc(OCC(=O)OCCCC)cc(-c2cc(COC(=O)OCCCC)cc(C(=O)NCCNC(=O)CCCC[C@@H]3SC[C@@H]4NC(=O)N[C@@H]43)c2)c1. The van der Waals surface area contributed by atoms with Gasteiger partial charge in [0, 0.05) is 42.1 Å². The van der Waals surface area contributed by atoms with Gasteiger partial charge in [0.25, 0.3) is 5.91 Å². The third-order valence-corrected chi connectivity index (χ3v) is 11.1. The van der Waals surface area contributed by atoms with Gasteiger partial charge < -0.3 is 49.7 Å². The van der Waals surface area contributed by atoms with E-state index in [0.717, 1.165) is 50.7 Å². The van der Waals surface area contributed by atoms with Crippen LogP contribution in [-0.2, 0) is 39.9 Å². The van der Waals surface area contributed by atoms with Gasteiger partial charge >= 0.3 is 24.1 Å². The highest BCUT2D eigenvalue weighted by molar-refractivity contribution is 8.00. The fraction of sp³-hybridized carbons (Fsp3) is 0.581. The van der Waals surface area contributed by atoms with E-state index in [9.17, 15) is 28.8 Å². The number of carbonyl (C=O) groups is 6. The van der Waals surface area contributed by atoms with E-state index in [0.29, 0.717) is 41.2 Å². The highest BCUT2D eigenvalue weighted by Crippen LogP contribution is 2.34. The summed E-state index contributed by atoms with van der Waals surface area (Å²) in [5, 5.41) is 12.0. The molecule has 2 aliphatic rings. The Labute approximate surface area is 356 Å². The van der Waals surface area contributed by atoms with Gasteiger partial charge in [-0.05, 0) is 79.1 Å². The number of rotatable bonds is 27. The zero-order valence-corrected chi connectivity index (χ0v) is 35.8. The lowest BCUT2D eigenvalue weighted by Crippen LogP contribution is -2.36. The zero-order valence-electron chi connectivity index (χ0n) is 34.9. The maximum absolute atomic E-state index is 13.5. The molecule has 4 rings (SSSR count). The molecule has 4 N–H and O–H groups in total.